The molecule has 0 radical (unpaired) electrons. The van der Waals surface area contributed by atoms with Crippen LogP contribution >= 0.6 is 19.4 Å². The van der Waals surface area contributed by atoms with Gasteiger partial charge in [-0.05, 0) is 44.2 Å². The molecule has 2 nitrogen and oxygen atoms in total. The quantitative estimate of drug-likeness (QED) is 0.118. The van der Waals surface area contributed by atoms with Crippen LogP contribution in [0.4, 0.5) is 11.4 Å². The number of hydrogen-bond donors (Lipinski definition) is 0. The molecule has 5 rings (SSSR count). The summed E-state index contributed by atoms with van der Waals surface area (Å²) in [4.78, 5) is 4.82. The molecule has 0 bridgehead atoms. The third-order valence-corrected chi connectivity index (χ3v) is 10.5. The second kappa shape index (κ2) is 16.4. The van der Waals surface area contributed by atoms with Crippen LogP contribution in [0.2, 0.25) is 0 Å². The van der Waals surface area contributed by atoms with Gasteiger partial charge in [0.2, 0.25) is 0 Å². The van der Waals surface area contributed by atoms with E-state index in [-0.39, 0.29) is 11.0 Å². The first-order chi connectivity index (χ1) is 21.6. The van der Waals surface area contributed by atoms with E-state index >= 15 is 0 Å². The van der Waals surface area contributed by atoms with Crippen LogP contribution in [-0.4, -0.2) is 17.2 Å². The summed E-state index contributed by atoms with van der Waals surface area (Å²) in [6, 6.07) is 36.5. The standard InChI is InChI=1S/C25H34N.C15H15N.2ClH.Ru/c1-6-12-20-14-11-15-21(13-7-2)23(20)26-19-25(5,18-24(26,3)4)22-16-9-8-10-17-22;1-13-8-6-7-9-14(13)12-16(2)15-10-4-3-5-11-15;;;/h8-11,14-17,19H,6-7,12-13,18H2,1-5H3;1,3-11H,12H2,2H3;2*1H;/q-1;;;;+2/p-2. The van der Waals surface area contributed by atoms with Crippen LogP contribution in [0.15, 0.2) is 103 Å². The van der Waals surface area contributed by atoms with Gasteiger partial charge in [0.25, 0.3) is 0 Å². The molecule has 1 aliphatic heterocycles. The minimum atomic E-state index is -1.78. The summed E-state index contributed by atoms with van der Waals surface area (Å²) in [5.41, 5.74) is 9.66. The molecule has 4 aromatic rings. The fraction of sp³-hybridized carbons (Fsp3) is 0.350. The Hall–Kier alpha value is -2.45. The Kier molecular flexibility index (Phi) is 12.9. The molecule has 0 aromatic heterocycles. The number of para-hydroxylation sites is 2. The molecule has 242 valence electrons. The molecule has 1 heterocycles. The van der Waals surface area contributed by atoms with Crippen molar-refractivity contribution in [2.75, 3.05) is 16.8 Å². The first kappa shape index (κ1) is 35.4. The number of aryl methyl sites for hydroxylation is 2. The summed E-state index contributed by atoms with van der Waals surface area (Å²) in [6.45, 7) is 15.1. The molecule has 1 aliphatic rings. The van der Waals surface area contributed by atoms with Crippen molar-refractivity contribution < 1.29 is 13.5 Å². The first-order valence-electron chi connectivity index (χ1n) is 16.1. The third kappa shape index (κ3) is 9.31. The Bertz CT molecular complexity index is 1510. The molecule has 1 saturated heterocycles. The van der Waals surface area contributed by atoms with Gasteiger partial charge >= 0.3 is 127 Å². The van der Waals surface area contributed by atoms with Gasteiger partial charge in [0.15, 0.2) is 0 Å². The van der Waals surface area contributed by atoms with Crippen molar-refractivity contribution in [1.82, 2.24) is 0 Å². The zero-order valence-corrected chi connectivity index (χ0v) is 31.0. The molecule has 0 saturated carbocycles. The van der Waals surface area contributed by atoms with Crippen LogP contribution < -0.4 is 9.80 Å². The molecule has 1 atom stereocenters. The van der Waals surface area contributed by atoms with Gasteiger partial charge in [0, 0.05) is 11.2 Å². The predicted molar refractivity (Wildman–Crippen MR) is 196 cm³/mol. The molecule has 4 aromatic carbocycles. The Morgan fingerprint density at radius 2 is 1.29 bits per heavy atom. The van der Waals surface area contributed by atoms with Crippen LogP contribution in [-0.2, 0) is 38.3 Å². The van der Waals surface area contributed by atoms with Crippen LogP contribution in [0.1, 0.15) is 81.7 Å². The fourth-order valence-electron chi connectivity index (χ4n) is 6.64. The van der Waals surface area contributed by atoms with Crippen LogP contribution in [0, 0.1) is 6.54 Å². The molecule has 1 unspecified atom stereocenters. The number of anilines is 2. The average Bonchev–Trinajstić information content (AvgIpc) is 3.28. The van der Waals surface area contributed by atoms with E-state index in [0.29, 0.717) is 0 Å². The van der Waals surface area contributed by atoms with Crippen molar-refractivity contribution in [3.8, 4) is 0 Å². The number of halogens is 2. The predicted octanol–water partition coefficient (Wildman–Crippen LogP) is 11.1. The van der Waals surface area contributed by atoms with Crippen LogP contribution in [0.3, 0.4) is 0 Å². The van der Waals surface area contributed by atoms with Crippen molar-refractivity contribution in [2.45, 2.75) is 84.2 Å². The Morgan fingerprint density at radius 3 is 1.87 bits per heavy atom. The van der Waals surface area contributed by atoms with E-state index in [9.17, 15) is 0 Å². The van der Waals surface area contributed by atoms with Crippen LogP contribution in [0.25, 0.3) is 0 Å². The van der Waals surface area contributed by atoms with E-state index in [2.05, 4.69) is 131 Å². The number of nitrogens with zero attached hydrogens (tertiary/aromatic N) is 2. The zero-order chi connectivity index (χ0) is 32.5. The Morgan fingerprint density at radius 1 is 0.756 bits per heavy atom. The molecule has 0 amide bonds. The second-order valence-corrected chi connectivity index (χ2v) is 18.6. The topological polar surface area (TPSA) is 6.48 Å². The van der Waals surface area contributed by atoms with E-state index in [0.717, 1.165) is 31.4 Å². The maximum atomic E-state index is 5.98. The number of rotatable bonds is 10. The average molecular weight is 730 g/mol. The summed E-state index contributed by atoms with van der Waals surface area (Å²) >= 11 is -1.78. The molecule has 0 spiro atoms. The van der Waals surface area contributed by atoms with Gasteiger partial charge in [-0.3, -0.25) is 0 Å². The Balaban J connectivity index is 0.000000215. The summed E-state index contributed by atoms with van der Waals surface area (Å²) in [5.74, 6) is 0. The number of benzene rings is 4. The molecule has 5 heteroatoms. The zero-order valence-electron chi connectivity index (χ0n) is 27.7. The van der Waals surface area contributed by atoms with Crippen molar-refractivity contribution in [2.24, 2.45) is 0 Å². The number of hydrogen-bond acceptors (Lipinski definition) is 2. The van der Waals surface area contributed by atoms with Crippen molar-refractivity contribution in [3.05, 3.63) is 137 Å². The van der Waals surface area contributed by atoms with Gasteiger partial charge in [0.1, 0.15) is 0 Å². The van der Waals surface area contributed by atoms with E-state index in [1.165, 1.54) is 46.5 Å². The first-order valence-corrected chi connectivity index (χ1v) is 21.5. The third-order valence-electron chi connectivity index (χ3n) is 8.63. The summed E-state index contributed by atoms with van der Waals surface area (Å²) in [7, 11) is 14.0. The Labute approximate surface area is 285 Å². The van der Waals surface area contributed by atoms with Gasteiger partial charge in [0.05, 0.1) is 0 Å². The molecule has 0 N–H and O–H groups in total. The van der Waals surface area contributed by atoms with E-state index in [4.69, 9.17) is 19.4 Å². The van der Waals surface area contributed by atoms with Crippen molar-refractivity contribution in [3.63, 3.8) is 0 Å². The summed E-state index contributed by atoms with van der Waals surface area (Å²) in [6.07, 6.45) is 5.81. The van der Waals surface area contributed by atoms with Gasteiger partial charge in [-0.25, -0.2) is 6.54 Å². The second-order valence-electron chi connectivity index (χ2n) is 12.9. The van der Waals surface area contributed by atoms with Gasteiger partial charge in [-0.1, -0.05) is 87.7 Å². The van der Waals surface area contributed by atoms with Crippen molar-refractivity contribution >= 4 is 35.4 Å². The maximum absolute atomic E-state index is 5.98. The van der Waals surface area contributed by atoms with Crippen LogP contribution in [0.5, 0.6) is 0 Å². The molecule has 0 aliphatic carbocycles. The van der Waals surface area contributed by atoms with Gasteiger partial charge < -0.3 is 4.90 Å². The SMILES string of the molecule is CCCc1cccc(CCC)c1N1[CH-]C(C)(c2ccccc2)CC1(C)C.CN(Cc1ccccc1[CH]=[Ru]([Cl])[Cl])c1ccccc1. The normalized spacial score (nSPS) is 17.3. The minimum absolute atomic E-state index is 0.0770. The molecular formula is C40H49Cl2N2Ru-. The van der Waals surface area contributed by atoms with E-state index < -0.39 is 13.5 Å². The fourth-order valence-corrected chi connectivity index (χ4v) is 8.52. The molecule has 45 heavy (non-hydrogen) atoms. The van der Waals surface area contributed by atoms with E-state index in [1.807, 2.05) is 34.9 Å². The summed E-state index contributed by atoms with van der Waals surface area (Å²) in [5, 5.41) is 0. The molecular weight excluding hydrogens is 680 g/mol. The monoisotopic (exact) mass is 729 g/mol. The van der Waals surface area contributed by atoms with Gasteiger partial charge in [-0.15, -0.1) is 5.41 Å². The molecule has 1 fully saturated rings. The summed E-state index contributed by atoms with van der Waals surface area (Å²) < 4.78 is 2.00. The van der Waals surface area contributed by atoms with Gasteiger partial charge in [-0.2, -0.15) is 0 Å². The van der Waals surface area contributed by atoms with Crippen molar-refractivity contribution in [1.29, 1.82) is 0 Å². The van der Waals surface area contributed by atoms with E-state index in [1.54, 1.807) is 0 Å².